The van der Waals surface area contributed by atoms with Gasteiger partial charge in [0, 0.05) is 18.4 Å². The zero-order valence-corrected chi connectivity index (χ0v) is 12.0. The van der Waals surface area contributed by atoms with Crippen LogP contribution in [0, 0.1) is 0 Å². The molecule has 1 rings (SSSR count). The molecule has 100 valence electrons. The zero-order valence-electron chi connectivity index (χ0n) is 10.5. The molecule has 0 bridgehead atoms. The summed E-state index contributed by atoms with van der Waals surface area (Å²) >= 11 is 11.6. The number of alkyl halides is 1. The molecular weight excluding hydrogens is 275 g/mol. The third-order valence-corrected chi connectivity index (χ3v) is 3.12. The van der Waals surface area contributed by atoms with Crippen LogP contribution in [0.4, 0.5) is 0 Å². The Bertz CT molecular complexity index is 419. The summed E-state index contributed by atoms with van der Waals surface area (Å²) in [5, 5.41) is 0.402. The van der Waals surface area contributed by atoms with Crippen LogP contribution in [0.5, 0.6) is 11.5 Å². The van der Waals surface area contributed by atoms with Crippen molar-refractivity contribution in [3.8, 4) is 11.5 Å². The van der Waals surface area contributed by atoms with E-state index in [4.69, 9.17) is 32.7 Å². The molecule has 3 nitrogen and oxygen atoms in total. The third kappa shape index (κ3) is 3.79. The lowest BCUT2D eigenvalue weighted by Gasteiger charge is -2.11. The fourth-order valence-corrected chi connectivity index (χ4v) is 2.02. The van der Waals surface area contributed by atoms with Crippen molar-refractivity contribution >= 4 is 29.0 Å². The van der Waals surface area contributed by atoms with E-state index in [1.165, 1.54) is 14.2 Å². The molecule has 0 spiro atoms. The summed E-state index contributed by atoms with van der Waals surface area (Å²) in [7, 11) is 3.03. The Morgan fingerprint density at radius 1 is 1.17 bits per heavy atom. The SMILES string of the molecule is COc1cc(OC)c(C(=O)CCCCCl)cc1Cl. The van der Waals surface area contributed by atoms with Crippen molar-refractivity contribution in [3.63, 3.8) is 0 Å². The Labute approximate surface area is 117 Å². The van der Waals surface area contributed by atoms with Gasteiger partial charge in [-0.05, 0) is 18.9 Å². The monoisotopic (exact) mass is 290 g/mol. The first-order chi connectivity index (χ1) is 8.63. The van der Waals surface area contributed by atoms with Crippen LogP contribution in [0.3, 0.4) is 0 Å². The van der Waals surface area contributed by atoms with Crippen LogP contribution in [0.1, 0.15) is 29.6 Å². The van der Waals surface area contributed by atoms with E-state index < -0.39 is 0 Å². The van der Waals surface area contributed by atoms with Crippen LogP contribution < -0.4 is 9.47 Å². The Kier molecular flexibility index (Phi) is 6.30. The summed E-state index contributed by atoms with van der Waals surface area (Å²) in [5.74, 6) is 1.54. The Hall–Kier alpha value is -0.930. The lowest BCUT2D eigenvalue weighted by molar-refractivity contribution is 0.0977. The number of methoxy groups -OCH3 is 2. The highest BCUT2D eigenvalue weighted by molar-refractivity contribution is 6.32. The summed E-state index contributed by atoms with van der Waals surface area (Å²) in [4.78, 5) is 12.0. The van der Waals surface area contributed by atoms with Crippen molar-refractivity contribution in [3.05, 3.63) is 22.7 Å². The molecule has 0 atom stereocenters. The maximum absolute atomic E-state index is 12.0. The minimum atomic E-state index is 0.00141. The highest BCUT2D eigenvalue weighted by Crippen LogP contribution is 2.33. The Morgan fingerprint density at radius 3 is 2.39 bits per heavy atom. The van der Waals surface area contributed by atoms with Gasteiger partial charge in [-0.25, -0.2) is 0 Å². The standard InChI is InChI=1S/C13H16Cl2O3/c1-17-12-8-13(18-2)10(15)7-9(12)11(16)5-3-4-6-14/h7-8H,3-6H2,1-2H3. The molecular formula is C13H16Cl2O3. The second-order valence-corrected chi connectivity index (χ2v) is 4.54. The number of ether oxygens (including phenoxy) is 2. The first-order valence-electron chi connectivity index (χ1n) is 5.64. The number of halogens is 2. The minimum Gasteiger partial charge on any atom is -0.496 e. The summed E-state index contributed by atoms with van der Waals surface area (Å²) < 4.78 is 10.3. The van der Waals surface area contributed by atoms with Crippen molar-refractivity contribution in [1.82, 2.24) is 0 Å². The van der Waals surface area contributed by atoms with Crippen molar-refractivity contribution in [2.75, 3.05) is 20.1 Å². The van der Waals surface area contributed by atoms with Crippen molar-refractivity contribution in [2.45, 2.75) is 19.3 Å². The van der Waals surface area contributed by atoms with Crippen molar-refractivity contribution in [2.24, 2.45) is 0 Å². The predicted molar refractivity (Wildman–Crippen MR) is 73.5 cm³/mol. The summed E-state index contributed by atoms with van der Waals surface area (Å²) in [6.45, 7) is 0. The van der Waals surface area contributed by atoms with Gasteiger partial charge in [0.1, 0.15) is 11.5 Å². The third-order valence-electron chi connectivity index (χ3n) is 2.56. The predicted octanol–water partition coefficient (Wildman–Crippen LogP) is 3.95. The Morgan fingerprint density at radius 2 is 1.83 bits per heavy atom. The van der Waals surface area contributed by atoms with Gasteiger partial charge in [0.25, 0.3) is 0 Å². The number of unbranched alkanes of at least 4 members (excludes halogenated alkanes) is 1. The molecule has 0 aliphatic rings. The van der Waals surface area contributed by atoms with E-state index in [0.717, 1.165) is 12.8 Å². The van der Waals surface area contributed by atoms with Gasteiger partial charge in [-0.2, -0.15) is 0 Å². The van der Waals surface area contributed by atoms with Crippen LogP contribution in [-0.2, 0) is 0 Å². The normalized spacial score (nSPS) is 10.2. The molecule has 0 amide bonds. The molecule has 0 aliphatic heterocycles. The van der Waals surface area contributed by atoms with E-state index in [1.54, 1.807) is 12.1 Å². The van der Waals surface area contributed by atoms with E-state index >= 15 is 0 Å². The summed E-state index contributed by atoms with van der Waals surface area (Å²) in [5.41, 5.74) is 0.484. The molecule has 0 heterocycles. The highest BCUT2D eigenvalue weighted by atomic mass is 35.5. The molecule has 18 heavy (non-hydrogen) atoms. The molecule has 0 saturated carbocycles. The largest absolute Gasteiger partial charge is 0.496 e. The number of carbonyl (C=O) groups is 1. The van der Waals surface area contributed by atoms with Crippen LogP contribution in [0.25, 0.3) is 0 Å². The fourth-order valence-electron chi connectivity index (χ4n) is 1.59. The molecule has 0 aromatic heterocycles. The van der Waals surface area contributed by atoms with Crippen LogP contribution in [-0.4, -0.2) is 25.9 Å². The number of benzene rings is 1. The number of Topliss-reactive ketones (excluding diaryl/α,β-unsaturated/α-hetero) is 1. The van der Waals surface area contributed by atoms with Gasteiger partial charge >= 0.3 is 0 Å². The fraction of sp³-hybridized carbons (Fsp3) is 0.462. The van der Waals surface area contributed by atoms with Crippen LogP contribution in [0.2, 0.25) is 5.02 Å². The maximum Gasteiger partial charge on any atom is 0.166 e. The van der Waals surface area contributed by atoms with Gasteiger partial charge in [-0.1, -0.05) is 11.6 Å². The topological polar surface area (TPSA) is 35.5 Å². The Balaban J connectivity index is 2.93. The summed E-state index contributed by atoms with van der Waals surface area (Å²) in [6, 6.07) is 3.21. The number of rotatable bonds is 7. The van der Waals surface area contributed by atoms with E-state index in [2.05, 4.69) is 0 Å². The number of carbonyl (C=O) groups excluding carboxylic acids is 1. The number of ketones is 1. The highest BCUT2D eigenvalue weighted by Gasteiger charge is 2.15. The van der Waals surface area contributed by atoms with E-state index in [-0.39, 0.29) is 5.78 Å². The number of hydrogen-bond acceptors (Lipinski definition) is 3. The molecule has 1 aromatic rings. The molecule has 1 aromatic carbocycles. The van der Waals surface area contributed by atoms with Gasteiger partial charge in [-0.15, -0.1) is 11.6 Å². The minimum absolute atomic E-state index is 0.00141. The quantitative estimate of drug-likeness (QED) is 0.433. The van der Waals surface area contributed by atoms with Gasteiger partial charge in [0.15, 0.2) is 5.78 Å². The van der Waals surface area contributed by atoms with Crippen LogP contribution in [0.15, 0.2) is 12.1 Å². The first kappa shape index (κ1) is 15.1. The molecule has 5 heteroatoms. The molecule has 0 aliphatic carbocycles. The molecule has 0 fully saturated rings. The van der Waals surface area contributed by atoms with Crippen molar-refractivity contribution in [1.29, 1.82) is 0 Å². The maximum atomic E-state index is 12.0. The lowest BCUT2D eigenvalue weighted by atomic mass is 10.0. The number of hydrogen-bond donors (Lipinski definition) is 0. The first-order valence-corrected chi connectivity index (χ1v) is 6.56. The van der Waals surface area contributed by atoms with E-state index in [0.29, 0.717) is 34.4 Å². The van der Waals surface area contributed by atoms with Gasteiger partial charge < -0.3 is 9.47 Å². The molecule has 0 N–H and O–H groups in total. The zero-order chi connectivity index (χ0) is 13.5. The second kappa shape index (κ2) is 7.49. The average Bonchev–Trinajstić information content (AvgIpc) is 2.38. The van der Waals surface area contributed by atoms with Gasteiger partial charge in [-0.3, -0.25) is 4.79 Å². The second-order valence-electron chi connectivity index (χ2n) is 3.76. The molecule has 0 unspecified atom stereocenters. The summed E-state index contributed by atoms with van der Waals surface area (Å²) in [6.07, 6.45) is 2.01. The van der Waals surface area contributed by atoms with Gasteiger partial charge in [0.2, 0.25) is 0 Å². The van der Waals surface area contributed by atoms with E-state index in [9.17, 15) is 4.79 Å². The van der Waals surface area contributed by atoms with Crippen molar-refractivity contribution < 1.29 is 14.3 Å². The lowest BCUT2D eigenvalue weighted by Crippen LogP contribution is -2.03. The smallest absolute Gasteiger partial charge is 0.166 e. The van der Waals surface area contributed by atoms with Gasteiger partial charge in [0.05, 0.1) is 24.8 Å². The molecule has 0 radical (unpaired) electrons. The average molecular weight is 291 g/mol. The molecule has 0 saturated heterocycles. The van der Waals surface area contributed by atoms with E-state index in [1.807, 2.05) is 0 Å². The van der Waals surface area contributed by atoms with Crippen LogP contribution >= 0.6 is 23.2 Å².